The fourth-order valence-corrected chi connectivity index (χ4v) is 2.28. The summed E-state index contributed by atoms with van der Waals surface area (Å²) in [4.78, 5) is 27.1. The summed E-state index contributed by atoms with van der Waals surface area (Å²) in [7, 11) is 0. The molecule has 0 saturated heterocycles. The molecule has 0 saturated carbocycles. The van der Waals surface area contributed by atoms with Crippen molar-refractivity contribution in [2.75, 3.05) is 11.9 Å². The number of pyridine rings is 1. The highest BCUT2D eigenvalue weighted by Crippen LogP contribution is 2.22. The Morgan fingerprint density at radius 1 is 1.21 bits per heavy atom. The van der Waals surface area contributed by atoms with Crippen LogP contribution in [0.1, 0.15) is 5.56 Å². The van der Waals surface area contributed by atoms with Gasteiger partial charge in [-0.1, -0.05) is 40.9 Å². The first-order valence-corrected chi connectivity index (χ1v) is 7.79. The van der Waals surface area contributed by atoms with Crippen molar-refractivity contribution in [3.05, 3.63) is 63.4 Å². The molecule has 0 bridgehead atoms. The van der Waals surface area contributed by atoms with Gasteiger partial charge in [-0.3, -0.25) is 4.79 Å². The number of aromatic nitrogens is 1. The predicted octanol–water partition coefficient (Wildman–Crippen LogP) is 4.24. The van der Waals surface area contributed by atoms with Crippen LogP contribution < -0.4 is 5.32 Å². The maximum Gasteiger partial charge on any atom is 0.331 e. The van der Waals surface area contributed by atoms with Gasteiger partial charge >= 0.3 is 5.97 Å². The number of ether oxygens (including phenoxy) is 1. The summed E-state index contributed by atoms with van der Waals surface area (Å²) < 4.78 is 4.83. The van der Waals surface area contributed by atoms with E-state index in [4.69, 9.17) is 39.5 Å². The first-order chi connectivity index (χ1) is 11.5. The van der Waals surface area contributed by atoms with Crippen molar-refractivity contribution in [1.82, 2.24) is 4.98 Å². The van der Waals surface area contributed by atoms with E-state index >= 15 is 0 Å². The molecule has 0 aliphatic carbocycles. The van der Waals surface area contributed by atoms with Crippen molar-refractivity contribution in [3.8, 4) is 0 Å². The summed E-state index contributed by atoms with van der Waals surface area (Å²) in [5.41, 5.74) is 0.938. The Bertz CT molecular complexity index is 794. The predicted molar refractivity (Wildman–Crippen MR) is 94.3 cm³/mol. The monoisotopic (exact) mass is 384 g/mol. The smallest absolute Gasteiger partial charge is 0.331 e. The Morgan fingerprint density at radius 2 is 2.00 bits per heavy atom. The van der Waals surface area contributed by atoms with Crippen LogP contribution in [0.15, 0.2) is 42.6 Å². The van der Waals surface area contributed by atoms with Crippen molar-refractivity contribution in [2.45, 2.75) is 0 Å². The highest BCUT2D eigenvalue weighted by atomic mass is 35.5. The normalized spacial score (nSPS) is 10.6. The molecule has 0 aliphatic heterocycles. The SMILES string of the molecule is O=C(COC(=O)C=Cc1ccc(Cl)cc1Cl)Nc1cccnc1Cl. The van der Waals surface area contributed by atoms with Gasteiger partial charge in [0.25, 0.3) is 5.91 Å². The average molecular weight is 386 g/mol. The number of carbonyl (C=O) groups excluding carboxylic acids is 2. The van der Waals surface area contributed by atoms with Crippen LogP contribution in [0.3, 0.4) is 0 Å². The summed E-state index contributed by atoms with van der Waals surface area (Å²) in [6, 6.07) is 8.05. The third-order valence-corrected chi connectivity index (χ3v) is 3.60. The standard InChI is InChI=1S/C16H11Cl3N2O3/c17-11-5-3-10(12(18)8-11)4-6-15(23)24-9-14(22)21-13-2-1-7-20-16(13)19/h1-8H,9H2,(H,21,22). The van der Waals surface area contributed by atoms with Crippen LogP contribution in [0.25, 0.3) is 6.08 Å². The largest absolute Gasteiger partial charge is 0.452 e. The summed E-state index contributed by atoms with van der Waals surface area (Å²) in [5, 5.41) is 3.52. The molecule has 0 radical (unpaired) electrons. The maximum atomic E-state index is 11.7. The number of esters is 1. The molecule has 1 aromatic heterocycles. The Labute approximate surface area is 153 Å². The second-order valence-electron chi connectivity index (χ2n) is 4.50. The number of anilines is 1. The molecule has 24 heavy (non-hydrogen) atoms. The van der Waals surface area contributed by atoms with Gasteiger partial charge in [0.1, 0.15) is 0 Å². The second-order valence-corrected chi connectivity index (χ2v) is 5.70. The number of hydrogen-bond donors (Lipinski definition) is 1. The molecule has 1 aromatic carbocycles. The lowest BCUT2D eigenvalue weighted by Crippen LogP contribution is -2.20. The molecule has 5 nitrogen and oxygen atoms in total. The van der Waals surface area contributed by atoms with Crippen LogP contribution >= 0.6 is 34.8 Å². The Balaban J connectivity index is 1.85. The number of nitrogens with zero attached hydrogens (tertiary/aromatic N) is 1. The molecule has 124 valence electrons. The fraction of sp³-hybridized carbons (Fsp3) is 0.0625. The molecule has 2 aromatic rings. The zero-order valence-electron chi connectivity index (χ0n) is 12.1. The van der Waals surface area contributed by atoms with E-state index in [1.165, 1.54) is 18.3 Å². The zero-order valence-corrected chi connectivity index (χ0v) is 14.4. The second kappa shape index (κ2) is 8.68. The number of hydrogen-bond acceptors (Lipinski definition) is 4. The van der Waals surface area contributed by atoms with E-state index in [2.05, 4.69) is 10.3 Å². The first kappa shape index (κ1) is 18.3. The number of benzene rings is 1. The van der Waals surface area contributed by atoms with Crippen LogP contribution in [0.4, 0.5) is 5.69 Å². The topological polar surface area (TPSA) is 68.3 Å². The summed E-state index contributed by atoms with van der Waals surface area (Å²) in [5.74, 6) is -1.22. The lowest BCUT2D eigenvalue weighted by atomic mass is 10.2. The Kier molecular flexibility index (Phi) is 6.61. The summed E-state index contributed by atoms with van der Waals surface area (Å²) >= 11 is 17.6. The van der Waals surface area contributed by atoms with Gasteiger partial charge in [0, 0.05) is 22.3 Å². The average Bonchev–Trinajstić information content (AvgIpc) is 2.54. The lowest BCUT2D eigenvalue weighted by Gasteiger charge is -2.06. The molecule has 1 heterocycles. The molecule has 0 aliphatic rings. The van der Waals surface area contributed by atoms with Crippen LogP contribution in [0.2, 0.25) is 15.2 Å². The third kappa shape index (κ3) is 5.53. The minimum atomic E-state index is -0.687. The third-order valence-electron chi connectivity index (χ3n) is 2.74. The van der Waals surface area contributed by atoms with Crippen LogP contribution in [-0.4, -0.2) is 23.5 Å². The molecular weight excluding hydrogens is 375 g/mol. The summed E-state index contributed by atoms with van der Waals surface area (Å²) in [6.45, 7) is -0.456. The van der Waals surface area contributed by atoms with Crippen LogP contribution in [0.5, 0.6) is 0 Å². The van der Waals surface area contributed by atoms with Gasteiger partial charge in [-0.25, -0.2) is 9.78 Å². The fourth-order valence-electron chi connectivity index (χ4n) is 1.64. The molecule has 0 spiro atoms. The Hall–Kier alpha value is -2.08. The molecule has 1 amide bonds. The van der Waals surface area contributed by atoms with Gasteiger partial charge < -0.3 is 10.1 Å². The molecule has 1 N–H and O–H groups in total. The lowest BCUT2D eigenvalue weighted by molar-refractivity contribution is -0.142. The van der Waals surface area contributed by atoms with E-state index in [-0.39, 0.29) is 5.15 Å². The molecule has 8 heteroatoms. The minimum absolute atomic E-state index is 0.148. The zero-order chi connectivity index (χ0) is 17.5. The van der Waals surface area contributed by atoms with Gasteiger partial charge in [-0.2, -0.15) is 0 Å². The minimum Gasteiger partial charge on any atom is -0.452 e. The van der Waals surface area contributed by atoms with Gasteiger partial charge in [0.05, 0.1) is 5.69 Å². The molecule has 0 atom stereocenters. The highest BCUT2D eigenvalue weighted by Gasteiger charge is 2.08. The van der Waals surface area contributed by atoms with E-state index in [9.17, 15) is 9.59 Å². The van der Waals surface area contributed by atoms with E-state index < -0.39 is 18.5 Å². The number of amides is 1. The Morgan fingerprint density at radius 3 is 2.71 bits per heavy atom. The molecule has 0 unspecified atom stereocenters. The van der Waals surface area contributed by atoms with Crippen molar-refractivity contribution in [3.63, 3.8) is 0 Å². The first-order valence-electron chi connectivity index (χ1n) is 6.66. The molecule has 2 rings (SSSR count). The van der Waals surface area contributed by atoms with Crippen molar-refractivity contribution >= 4 is 58.4 Å². The molecule has 0 fully saturated rings. The van der Waals surface area contributed by atoms with Gasteiger partial charge in [0.2, 0.25) is 0 Å². The molecular formula is C16H11Cl3N2O3. The van der Waals surface area contributed by atoms with Gasteiger partial charge in [-0.15, -0.1) is 0 Å². The van der Waals surface area contributed by atoms with E-state index in [0.29, 0.717) is 21.3 Å². The number of halogens is 3. The van der Waals surface area contributed by atoms with Crippen molar-refractivity contribution in [2.24, 2.45) is 0 Å². The number of nitrogens with one attached hydrogen (secondary N) is 1. The van der Waals surface area contributed by atoms with Crippen LogP contribution in [-0.2, 0) is 14.3 Å². The van der Waals surface area contributed by atoms with Gasteiger partial charge in [0.15, 0.2) is 11.8 Å². The summed E-state index contributed by atoms with van der Waals surface area (Å²) in [6.07, 6.45) is 4.13. The van der Waals surface area contributed by atoms with Gasteiger partial charge in [-0.05, 0) is 35.9 Å². The maximum absolute atomic E-state index is 11.7. The van der Waals surface area contributed by atoms with E-state index in [0.717, 1.165) is 0 Å². The van der Waals surface area contributed by atoms with E-state index in [1.54, 1.807) is 30.3 Å². The highest BCUT2D eigenvalue weighted by molar-refractivity contribution is 6.35. The van der Waals surface area contributed by atoms with Crippen LogP contribution in [0, 0.1) is 0 Å². The van der Waals surface area contributed by atoms with Crippen molar-refractivity contribution < 1.29 is 14.3 Å². The quantitative estimate of drug-likeness (QED) is 0.475. The van der Waals surface area contributed by atoms with E-state index in [1.807, 2.05) is 0 Å². The number of rotatable bonds is 5. The number of carbonyl (C=O) groups is 2. The van der Waals surface area contributed by atoms with Crippen molar-refractivity contribution in [1.29, 1.82) is 0 Å².